The van der Waals surface area contributed by atoms with Crippen molar-refractivity contribution in [3.63, 3.8) is 0 Å². The van der Waals surface area contributed by atoms with E-state index < -0.39 is 52.0 Å². The van der Waals surface area contributed by atoms with Gasteiger partial charge in [0.1, 0.15) is 12.6 Å². The van der Waals surface area contributed by atoms with E-state index in [9.17, 15) is 27.9 Å². The van der Waals surface area contributed by atoms with E-state index in [1.807, 2.05) is 37.3 Å². The summed E-state index contributed by atoms with van der Waals surface area (Å²) in [5.74, 6) is -1.26. The standard InChI is InChI=1S/C36H46N6O7S2/c1-24(2)34(42-22-33(44)41(36(42)46)20-29-23-50-25(3)38-29)35(45)39-31(17-26-9-5-4-6-10-26)32(43)21-40(19-28-11-7-8-12-28)51(48,49)30-15-13-27(14-16-30)18-37-47/h4-6,9-10,13-16,18,23-24,28,31-32,34,43,47H,7-8,11-12,17,19-22H2,1-3H3,(H,39,45)/t31-,32+,34-/m0/s1. The van der Waals surface area contributed by atoms with Crippen LogP contribution in [-0.2, 0) is 32.6 Å². The van der Waals surface area contributed by atoms with Gasteiger partial charge in [0.05, 0.1) is 40.5 Å². The van der Waals surface area contributed by atoms with E-state index >= 15 is 0 Å². The lowest BCUT2D eigenvalue weighted by Gasteiger charge is -2.34. The molecule has 1 aliphatic heterocycles. The maximum Gasteiger partial charge on any atom is 0.328 e. The Hall–Kier alpha value is -4.18. The van der Waals surface area contributed by atoms with E-state index in [2.05, 4.69) is 15.5 Å². The second-order valence-corrected chi connectivity index (χ2v) is 16.6. The fourth-order valence-corrected chi connectivity index (χ4v) is 8.97. The van der Waals surface area contributed by atoms with E-state index in [1.165, 1.54) is 51.0 Å². The number of amides is 4. The van der Waals surface area contributed by atoms with Gasteiger partial charge in [-0.05, 0) is 61.3 Å². The van der Waals surface area contributed by atoms with Gasteiger partial charge in [0, 0.05) is 18.5 Å². The maximum absolute atomic E-state index is 14.1. The van der Waals surface area contributed by atoms with Crippen molar-refractivity contribution in [1.29, 1.82) is 0 Å². The maximum atomic E-state index is 14.1. The molecule has 1 aliphatic carbocycles. The molecule has 2 aromatic carbocycles. The highest BCUT2D eigenvalue weighted by Gasteiger charge is 2.44. The number of hydrogen-bond acceptors (Lipinski definition) is 10. The van der Waals surface area contributed by atoms with Crippen LogP contribution in [0.15, 0.2) is 70.0 Å². The second-order valence-electron chi connectivity index (χ2n) is 13.6. The number of benzene rings is 2. The number of carbonyl (C=O) groups is 3. The van der Waals surface area contributed by atoms with E-state index in [0.29, 0.717) is 11.3 Å². The summed E-state index contributed by atoms with van der Waals surface area (Å²) in [5.41, 5.74) is 1.92. The SMILES string of the molecule is Cc1nc(CN2C(=O)CN([C@H](C(=O)N[C@@H](Cc3ccccc3)[C@H](O)CN(CC3CCCC3)S(=O)(=O)c3ccc(C=NO)cc3)C(C)C)C2=O)cs1. The fourth-order valence-electron chi connectivity index (χ4n) is 6.83. The smallest absolute Gasteiger partial charge is 0.328 e. The predicted molar refractivity (Wildman–Crippen MR) is 193 cm³/mol. The number of aromatic nitrogens is 1. The van der Waals surface area contributed by atoms with Crippen molar-refractivity contribution in [2.45, 2.75) is 82.5 Å². The first-order valence-electron chi connectivity index (χ1n) is 17.2. The normalized spacial score (nSPS) is 17.6. The number of sulfonamides is 1. The quantitative estimate of drug-likeness (QED) is 0.0856. The van der Waals surface area contributed by atoms with Gasteiger partial charge >= 0.3 is 6.03 Å². The number of thiazole rings is 1. The summed E-state index contributed by atoms with van der Waals surface area (Å²) in [6.45, 7) is 5.05. The largest absolute Gasteiger partial charge is 0.411 e. The van der Waals surface area contributed by atoms with Gasteiger partial charge in [-0.15, -0.1) is 11.3 Å². The zero-order valence-corrected chi connectivity index (χ0v) is 30.7. The van der Waals surface area contributed by atoms with Crippen LogP contribution in [0.5, 0.6) is 0 Å². The van der Waals surface area contributed by atoms with Crippen molar-refractivity contribution in [2.75, 3.05) is 19.6 Å². The molecular formula is C36H46N6O7S2. The highest BCUT2D eigenvalue weighted by molar-refractivity contribution is 7.89. The molecule has 3 aromatic rings. The van der Waals surface area contributed by atoms with Gasteiger partial charge in [-0.1, -0.05) is 74.3 Å². The first-order valence-corrected chi connectivity index (χ1v) is 19.5. The topological polar surface area (TPSA) is 173 Å². The minimum atomic E-state index is -4.08. The van der Waals surface area contributed by atoms with Crippen LogP contribution in [0.2, 0.25) is 0 Å². The van der Waals surface area contributed by atoms with Gasteiger partial charge in [-0.2, -0.15) is 4.31 Å². The molecule has 1 aromatic heterocycles. The highest BCUT2D eigenvalue weighted by Crippen LogP contribution is 2.29. The Labute approximate surface area is 303 Å². The van der Waals surface area contributed by atoms with Gasteiger partial charge in [0.25, 0.3) is 5.91 Å². The molecule has 15 heteroatoms. The van der Waals surface area contributed by atoms with E-state index in [1.54, 1.807) is 19.2 Å². The van der Waals surface area contributed by atoms with Crippen LogP contribution in [-0.4, -0.2) is 99.7 Å². The van der Waals surface area contributed by atoms with Crippen LogP contribution in [0.4, 0.5) is 4.79 Å². The number of rotatable bonds is 16. The molecule has 1 saturated heterocycles. The Bertz CT molecular complexity index is 1790. The molecule has 3 atom stereocenters. The predicted octanol–water partition coefficient (Wildman–Crippen LogP) is 4.02. The lowest BCUT2D eigenvalue weighted by Crippen LogP contribution is -2.57. The van der Waals surface area contributed by atoms with Crippen LogP contribution in [0.1, 0.15) is 61.4 Å². The molecule has 5 rings (SSSR count). The molecule has 2 fully saturated rings. The number of aliphatic hydroxyl groups excluding tert-OH is 1. The summed E-state index contributed by atoms with van der Waals surface area (Å²) in [5, 5.41) is 29.3. The van der Waals surface area contributed by atoms with Crippen LogP contribution in [0, 0.1) is 18.8 Å². The Morgan fingerprint density at radius 3 is 2.41 bits per heavy atom. The number of oxime groups is 1. The molecule has 51 heavy (non-hydrogen) atoms. The summed E-state index contributed by atoms with van der Waals surface area (Å²) < 4.78 is 29.5. The van der Waals surface area contributed by atoms with Gasteiger partial charge < -0.3 is 20.5 Å². The summed E-state index contributed by atoms with van der Waals surface area (Å²) in [4.78, 5) is 47.5. The molecule has 13 nitrogen and oxygen atoms in total. The number of nitrogens with zero attached hydrogens (tertiary/aromatic N) is 5. The number of carbonyl (C=O) groups excluding carboxylic acids is 3. The molecule has 0 bridgehead atoms. The van der Waals surface area contributed by atoms with Crippen LogP contribution < -0.4 is 5.32 Å². The number of urea groups is 1. The van der Waals surface area contributed by atoms with Crippen molar-refractivity contribution in [1.82, 2.24) is 24.4 Å². The molecule has 0 radical (unpaired) electrons. The molecule has 2 aliphatic rings. The Morgan fingerprint density at radius 2 is 1.80 bits per heavy atom. The molecule has 0 unspecified atom stereocenters. The molecule has 274 valence electrons. The first kappa shape index (κ1) is 38.1. The minimum absolute atomic E-state index is 0.00331. The van der Waals surface area contributed by atoms with E-state index in [-0.39, 0.29) is 43.4 Å². The number of imide groups is 1. The zero-order chi connectivity index (χ0) is 36.7. The Morgan fingerprint density at radius 1 is 1.12 bits per heavy atom. The summed E-state index contributed by atoms with van der Waals surface area (Å²) in [6, 6.07) is 12.6. The monoisotopic (exact) mass is 738 g/mol. The first-order chi connectivity index (χ1) is 24.4. The molecule has 1 saturated carbocycles. The van der Waals surface area contributed by atoms with E-state index in [0.717, 1.165) is 41.2 Å². The number of aryl methyl sites for hydroxylation is 1. The summed E-state index contributed by atoms with van der Waals surface area (Å²) in [6.07, 6.45) is 3.79. The zero-order valence-electron chi connectivity index (χ0n) is 29.1. The van der Waals surface area contributed by atoms with Crippen molar-refractivity contribution in [3.8, 4) is 0 Å². The Kier molecular flexibility index (Phi) is 12.6. The lowest BCUT2D eigenvalue weighted by molar-refractivity contribution is -0.129. The molecular weight excluding hydrogens is 693 g/mol. The van der Waals surface area contributed by atoms with Crippen molar-refractivity contribution < 1.29 is 33.1 Å². The van der Waals surface area contributed by atoms with Gasteiger partial charge in [0.2, 0.25) is 15.9 Å². The summed E-state index contributed by atoms with van der Waals surface area (Å²) >= 11 is 1.42. The molecule has 2 heterocycles. The fraction of sp³-hybridized carbons (Fsp3) is 0.472. The average Bonchev–Trinajstić information content (AvgIpc) is 3.83. The average molecular weight is 739 g/mol. The van der Waals surface area contributed by atoms with Crippen molar-refractivity contribution in [3.05, 3.63) is 81.8 Å². The third-order valence-corrected chi connectivity index (χ3v) is 12.1. The van der Waals surface area contributed by atoms with Gasteiger partial charge in [0.15, 0.2) is 0 Å². The van der Waals surface area contributed by atoms with E-state index in [4.69, 9.17) is 5.21 Å². The second kappa shape index (κ2) is 16.9. The van der Waals surface area contributed by atoms with Crippen LogP contribution in [0.3, 0.4) is 0 Å². The summed E-state index contributed by atoms with van der Waals surface area (Å²) in [7, 11) is -4.08. The highest BCUT2D eigenvalue weighted by atomic mass is 32.2. The number of nitrogens with one attached hydrogen (secondary N) is 1. The third-order valence-electron chi connectivity index (χ3n) is 9.45. The third kappa shape index (κ3) is 9.39. The number of aliphatic hydroxyl groups is 1. The van der Waals surface area contributed by atoms with Crippen molar-refractivity contribution >= 4 is 45.4 Å². The van der Waals surface area contributed by atoms with Crippen molar-refractivity contribution in [2.24, 2.45) is 17.0 Å². The minimum Gasteiger partial charge on any atom is -0.411 e. The molecule has 4 amide bonds. The lowest BCUT2D eigenvalue weighted by atomic mass is 9.97. The van der Waals surface area contributed by atoms with Gasteiger partial charge in [-0.3, -0.25) is 14.5 Å². The number of hydrogen-bond donors (Lipinski definition) is 3. The van der Waals surface area contributed by atoms with Crippen LogP contribution >= 0.6 is 11.3 Å². The Balaban J connectivity index is 1.39. The molecule has 0 spiro atoms. The van der Waals surface area contributed by atoms with Crippen LogP contribution in [0.25, 0.3) is 0 Å². The van der Waals surface area contributed by atoms with Gasteiger partial charge in [-0.25, -0.2) is 18.2 Å². The molecule has 3 N–H and O–H groups in total.